The number of benzene rings is 2. The van der Waals surface area contributed by atoms with Crippen LogP contribution in [0, 0.1) is 0 Å². The zero-order valence-electron chi connectivity index (χ0n) is 13.2. The van der Waals surface area contributed by atoms with E-state index in [9.17, 15) is 9.59 Å². The molecule has 0 spiro atoms. The van der Waals surface area contributed by atoms with Gasteiger partial charge in [-0.1, -0.05) is 41.9 Å². The first kappa shape index (κ1) is 16.2. The summed E-state index contributed by atoms with van der Waals surface area (Å²) in [6, 6.07) is 14.5. The van der Waals surface area contributed by atoms with Crippen molar-refractivity contribution in [1.82, 2.24) is 0 Å². The van der Waals surface area contributed by atoms with E-state index >= 15 is 0 Å². The molecule has 1 N–H and O–H groups in total. The van der Waals surface area contributed by atoms with Gasteiger partial charge in [0.1, 0.15) is 0 Å². The van der Waals surface area contributed by atoms with Crippen LogP contribution in [0.2, 0.25) is 5.02 Å². The lowest BCUT2D eigenvalue weighted by molar-refractivity contribution is -0.161. The van der Waals surface area contributed by atoms with Crippen LogP contribution in [0.15, 0.2) is 53.5 Å². The van der Waals surface area contributed by atoms with E-state index in [1.807, 2.05) is 30.3 Å². The maximum Gasteiger partial charge on any atom is 0.305 e. The molecule has 1 aliphatic rings. The van der Waals surface area contributed by atoms with Gasteiger partial charge in [-0.25, -0.2) is 4.99 Å². The maximum atomic E-state index is 12.6. The number of aliphatic imine (C=N–C) groups is 1. The van der Waals surface area contributed by atoms with E-state index in [4.69, 9.17) is 16.3 Å². The Morgan fingerprint density at radius 2 is 1.92 bits per heavy atom. The van der Waals surface area contributed by atoms with Gasteiger partial charge in [0.25, 0.3) is 11.6 Å². The molecule has 0 radical (unpaired) electrons. The molecule has 0 saturated carbocycles. The fraction of sp³-hybridized carbons (Fsp3) is 0.167. The molecule has 0 fully saturated rings. The monoisotopic (exact) mass is 342 g/mol. The number of halogens is 1. The highest BCUT2D eigenvalue weighted by molar-refractivity contribution is 6.32. The molecule has 0 saturated heterocycles. The van der Waals surface area contributed by atoms with E-state index in [1.165, 1.54) is 13.8 Å². The number of anilines is 1. The predicted molar refractivity (Wildman–Crippen MR) is 92.3 cm³/mol. The number of amides is 1. The summed E-state index contributed by atoms with van der Waals surface area (Å²) in [4.78, 5) is 28.5. The number of hydrogen-bond acceptors (Lipinski definition) is 4. The molecule has 1 aliphatic heterocycles. The lowest BCUT2D eigenvalue weighted by Crippen LogP contribution is -2.42. The molecule has 1 unspecified atom stereocenters. The number of esters is 1. The van der Waals surface area contributed by atoms with Crippen LogP contribution in [0.4, 0.5) is 5.69 Å². The summed E-state index contributed by atoms with van der Waals surface area (Å²) in [5.41, 5.74) is 0.870. The fourth-order valence-corrected chi connectivity index (χ4v) is 2.72. The van der Waals surface area contributed by atoms with E-state index < -0.39 is 17.6 Å². The average molecular weight is 343 g/mol. The largest absolute Gasteiger partial charge is 0.428 e. The van der Waals surface area contributed by atoms with Crippen LogP contribution in [0.5, 0.6) is 0 Å². The lowest BCUT2D eigenvalue weighted by atomic mass is 10.0. The Balaban J connectivity index is 2.26. The SMILES string of the molecule is CC(=O)OC1(C)N=C(c2ccccc2)c2cc(Cl)ccc2NC1=O. The van der Waals surface area contributed by atoms with Gasteiger partial charge in [-0.05, 0) is 18.2 Å². The molecule has 122 valence electrons. The second kappa shape index (κ2) is 6.09. The number of nitrogens with one attached hydrogen (secondary N) is 1. The molecular weight excluding hydrogens is 328 g/mol. The number of carbonyl (C=O) groups excluding carboxylic acids is 2. The first-order valence-corrected chi connectivity index (χ1v) is 7.73. The topological polar surface area (TPSA) is 67.8 Å². The second-order valence-corrected chi connectivity index (χ2v) is 5.98. The molecule has 0 aromatic heterocycles. The highest BCUT2D eigenvalue weighted by Crippen LogP contribution is 2.30. The number of nitrogens with zero attached hydrogens (tertiary/aromatic N) is 1. The number of benzodiazepines with no additional fused rings is 1. The highest BCUT2D eigenvalue weighted by Gasteiger charge is 2.40. The summed E-state index contributed by atoms with van der Waals surface area (Å²) in [5, 5.41) is 3.27. The first-order chi connectivity index (χ1) is 11.4. The van der Waals surface area contributed by atoms with Crippen molar-refractivity contribution in [3.63, 3.8) is 0 Å². The number of carbonyl (C=O) groups is 2. The van der Waals surface area contributed by atoms with Crippen molar-refractivity contribution < 1.29 is 14.3 Å². The number of hydrogen-bond donors (Lipinski definition) is 1. The molecular formula is C18H15ClN2O3. The Morgan fingerprint density at radius 3 is 2.58 bits per heavy atom. The van der Waals surface area contributed by atoms with Crippen molar-refractivity contribution in [2.75, 3.05) is 5.32 Å². The molecule has 1 heterocycles. The normalized spacial score (nSPS) is 19.6. The standard InChI is InChI=1S/C18H15ClN2O3/c1-11(22)24-18(2)17(23)20-15-9-8-13(19)10-14(15)16(21-18)12-6-4-3-5-7-12/h3-10H,1-2H3,(H,20,23). The third-order valence-corrected chi connectivity index (χ3v) is 3.86. The van der Waals surface area contributed by atoms with Crippen LogP contribution in [0.3, 0.4) is 0 Å². The minimum absolute atomic E-state index is 0.516. The first-order valence-electron chi connectivity index (χ1n) is 7.35. The Labute approximate surface area is 144 Å². The molecule has 6 heteroatoms. The van der Waals surface area contributed by atoms with Crippen LogP contribution < -0.4 is 5.32 Å². The zero-order valence-corrected chi connectivity index (χ0v) is 13.9. The van der Waals surface area contributed by atoms with Crippen molar-refractivity contribution in [3.8, 4) is 0 Å². The van der Waals surface area contributed by atoms with Crippen molar-refractivity contribution in [2.45, 2.75) is 19.6 Å². The van der Waals surface area contributed by atoms with Crippen molar-refractivity contribution in [3.05, 3.63) is 64.7 Å². The van der Waals surface area contributed by atoms with Crippen molar-refractivity contribution in [1.29, 1.82) is 0 Å². The number of ether oxygens (including phenoxy) is 1. The molecule has 1 amide bonds. The molecule has 24 heavy (non-hydrogen) atoms. The van der Waals surface area contributed by atoms with Gasteiger partial charge in [0.2, 0.25) is 0 Å². The second-order valence-electron chi connectivity index (χ2n) is 5.55. The summed E-state index contributed by atoms with van der Waals surface area (Å²) >= 11 is 6.12. The van der Waals surface area contributed by atoms with Crippen LogP contribution >= 0.6 is 11.6 Å². The van der Waals surface area contributed by atoms with Gasteiger partial charge in [0.15, 0.2) is 0 Å². The van der Waals surface area contributed by atoms with Crippen molar-refractivity contribution >= 4 is 34.9 Å². The van der Waals surface area contributed by atoms with Gasteiger partial charge < -0.3 is 10.1 Å². The maximum absolute atomic E-state index is 12.6. The smallest absolute Gasteiger partial charge is 0.305 e. The van der Waals surface area contributed by atoms with Gasteiger partial charge >= 0.3 is 5.97 Å². The van der Waals surface area contributed by atoms with Gasteiger partial charge in [0, 0.05) is 30.0 Å². The fourth-order valence-electron chi connectivity index (χ4n) is 2.55. The van der Waals surface area contributed by atoms with Crippen LogP contribution in [-0.2, 0) is 14.3 Å². The quantitative estimate of drug-likeness (QED) is 0.850. The van der Waals surface area contributed by atoms with Gasteiger partial charge in [-0.3, -0.25) is 9.59 Å². The lowest BCUT2D eigenvalue weighted by Gasteiger charge is -2.22. The Kier molecular flexibility index (Phi) is 4.11. The third-order valence-electron chi connectivity index (χ3n) is 3.62. The van der Waals surface area contributed by atoms with E-state index in [2.05, 4.69) is 10.3 Å². The van der Waals surface area contributed by atoms with Gasteiger partial charge in [0.05, 0.1) is 11.4 Å². The Bertz CT molecular complexity index is 849. The highest BCUT2D eigenvalue weighted by atomic mass is 35.5. The van der Waals surface area contributed by atoms with E-state index in [-0.39, 0.29) is 0 Å². The number of rotatable bonds is 2. The summed E-state index contributed by atoms with van der Waals surface area (Å²) < 4.78 is 5.21. The van der Waals surface area contributed by atoms with Crippen molar-refractivity contribution in [2.24, 2.45) is 4.99 Å². The van der Waals surface area contributed by atoms with Crippen LogP contribution in [-0.4, -0.2) is 23.3 Å². The molecule has 2 aromatic carbocycles. The minimum atomic E-state index is -1.66. The van der Waals surface area contributed by atoms with Gasteiger partial charge in [-0.2, -0.15) is 0 Å². The Morgan fingerprint density at radius 1 is 1.21 bits per heavy atom. The predicted octanol–water partition coefficient (Wildman–Crippen LogP) is 3.41. The van der Waals surface area contributed by atoms with Gasteiger partial charge in [-0.15, -0.1) is 0 Å². The third kappa shape index (κ3) is 3.03. The minimum Gasteiger partial charge on any atom is -0.428 e. The summed E-state index contributed by atoms with van der Waals surface area (Å²) in [5.74, 6) is -1.11. The molecule has 2 aromatic rings. The summed E-state index contributed by atoms with van der Waals surface area (Å²) in [6.45, 7) is 2.70. The van der Waals surface area contributed by atoms with E-state index in [0.29, 0.717) is 22.0 Å². The van der Waals surface area contributed by atoms with E-state index in [1.54, 1.807) is 18.2 Å². The number of fused-ring (bicyclic) bond motifs is 1. The molecule has 0 aliphatic carbocycles. The van der Waals surface area contributed by atoms with Crippen LogP contribution in [0.1, 0.15) is 25.0 Å². The van der Waals surface area contributed by atoms with Crippen LogP contribution in [0.25, 0.3) is 0 Å². The summed E-state index contributed by atoms with van der Waals surface area (Å²) in [6.07, 6.45) is 0. The average Bonchev–Trinajstić information content (AvgIpc) is 2.64. The molecule has 3 rings (SSSR count). The Hall–Kier alpha value is -2.66. The molecule has 1 atom stereocenters. The zero-order chi connectivity index (χ0) is 17.3. The summed E-state index contributed by atoms with van der Waals surface area (Å²) in [7, 11) is 0. The molecule has 5 nitrogen and oxygen atoms in total. The van der Waals surface area contributed by atoms with E-state index in [0.717, 1.165) is 5.56 Å². The molecule has 0 bridgehead atoms.